The summed E-state index contributed by atoms with van der Waals surface area (Å²) in [5.74, 6) is 5.47. The molecule has 0 unspecified atom stereocenters. The maximum atomic E-state index is 10.7. The smallest absolute Gasteiger partial charge is 0.253 e. The van der Waals surface area contributed by atoms with Gasteiger partial charge in [0.05, 0.1) is 0 Å². The number of nitrogens with zero attached hydrogens (tertiary/aromatic N) is 2. The Morgan fingerprint density at radius 3 is 3.09 bits per heavy atom. The summed E-state index contributed by atoms with van der Waals surface area (Å²) in [5, 5.41) is 0. The van der Waals surface area contributed by atoms with E-state index in [1.165, 1.54) is 0 Å². The fraction of sp³-hybridized carbons (Fsp3) is 0.333. The summed E-state index contributed by atoms with van der Waals surface area (Å²) in [7, 11) is 0. The van der Waals surface area contributed by atoms with Crippen molar-refractivity contribution in [2.75, 3.05) is 0 Å². The van der Waals surface area contributed by atoms with Crippen molar-refractivity contribution >= 4 is 5.91 Å². The van der Waals surface area contributed by atoms with E-state index < -0.39 is 0 Å². The molecule has 0 radical (unpaired) electrons. The second-order valence-electron chi connectivity index (χ2n) is 2.17. The van der Waals surface area contributed by atoms with Crippen LogP contribution >= 0.6 is 0 Å². The van der Waals surface area contributed by atoms with Gasteiger partial charge in [-0.25, -0.2) is 10.8 Å². The van der Waals surface area contributed by atoms with Crippen molar-refractivity contribution in [1.29, 1.82) is 0 Å². The number of nitrogens with two attached hydrogens (primary N) is 1. The highest BCUT2D eigenvalue weighted by Crippen LogP contribution is 1.93. The van der Waals surface area contributed by atoms with Gasteiger partial charge in [0, 0.05) is 12.4 Å². The van der Waals surface area contributed by atoms with E-state index >= 15 is 0 Å². The first-order valence-electron chi connectivity index (χ1n) is 3.21. The molecule has 60 valence electrons. The normalized spacial score (nSPS) is 9.64. The molecule has 0 aromatic carbocycles. The van der Waals surface area contributed by atoms with E-state index in [-0.39, 0.29) is 12.5 Å². The summed E-state index contributed by atoms with van der Waals surface area (Å²) in [6.45, 7) is 2.05. The van der Waals surface area contributed by atoms with Gasteiger partial charge in [0.15, 0.2) is 0 Å². The molecular formula is C6H10N4O. The molecule has 1 aromatic rings. The van der Waals surface area contributed by atoms with Crippen molar-refractivity contribution < 1.29 is 4.79 Å². The Morgan fingerprint density at radius 1 is 1.91 bits per heavy atom. The van der Waals surface area contributed by atoms with Gasteiger partial charge in [0.25, 0.3) is 5.91 Å². The monoisotopic (exact) mass is 154 g/mol. The first-order chi connectivity index (χ1) is 5.24. The number of nitrogens with one attached hydrogen (secondary N) is 1. The highest BCUT2D eigenvalue weighted by Gasteiger charge is 2.01. The lowest BCUT2D eigenvalue weighted by atomic mass is 10.5. The summed E-state index contributed by atoms with van der Waals surface area (Å²) < 4.78 is 1.71. The number of carbonyl (C=O) groups is 1. The third-order valence-corrected chi connectivity index (χ3v) is 1.40. The largest absolute Gasteiger partial charge is 0.326 e. The van der Waals surface area contributed by atoms with Crippen LogP contribution in [0.3, 0.4) is 0 Å². The quantitative estimate of drug-likeness (QED) is 0.332. The molecule has 1 rings (SSSR count). The molecule has 5 nitrogen and oxygen atoms in total. The molecule has 1 amide bonds. The molecule has 0 saturated carbocycles. The Morgan fingerprint density at radius 2 is 2.64 bits per heavy atom. The molecule has 5 heteroatoms. The van der Waals surface area contributed by atoms with Gasteiger partial charge < -0.3 is 4.57 Å². The minimum atomic E-state index is -0.230. The maximum absolute atomic E-state index is 10.7. The summed E-state index contributed by atoms with van der Waals surface area (Å²) in [6, 6.07) is 0. The first kappa shape index (κ1) is 7.74. The van der Waals surface area contributed by atoms with E-state index in [2.05, 4.69) is 4.98 Å². The maximum Gasteiger partial charge on any atom is 0.253 e. The zero-order valence-corrected chi connectivity index (χ0v) is 6.24. The molecule has 0 bridgehead atoms. The summed E-state index contributed by atoms with van der Waals surface area (Å²) in [6.07, 6.45) is 3.36. The fourth-order valence-electron chi connectivity index (χ4n) is 0.771. The lowest BCUT2D eigenvalue weighted by molar-refractivity contribution is -0.121. The van der Waals surface area contributed by atoms with Gasteiger partial charge in [0.1, 0.15) is 12.4 Å². The van der Waals surface area contributed by atoms with Gasteiger partial charge in [-0.3, -0.25) is 10.2 Å². The minimum Gasteiger partial charge on any atom is -0.326 e. The Hall–Kier alpha value is -1.36. The Balaban J connectivity index is 2.64. The van der Waals surface area contributed by atoms with E-state index in [1.807, 2.05) is 12.3 Å². The van der Waals surface area contributed by atoms with Crippen molar-refractivity contribution in [2.45, 2.75) is 13.5 Å². The second kappa shape index (κ2) is 3.16. The SMILES string of the molecule is Cc1nccn1CC(=O)NN. The summed E-state index contributed by atoms with van der Waals surface area (Å²) >= 11 is 0. The van der Waals surface area contributed by atoms with Crippen LogP contribution in [0.1, 0.15) is 5.82 Å². The Kier molecular flexibility index (Phi) is 2.22. The van der Waals surface area contributed by atoms with Gasteiger partial charge in [0.2, 0.25) is 0 Å². The molecule has 0 aliphatic heterocycles. The standard InChI is InChI=1S/C6H10N4O/c1-5-8-2-3-10(5)4-6(11)9-7/h2-3H,4,7H2,1H3,(H,9,11). The molecule has 3 N–H and O–H groups in total. The van der Waals surface area contributed by atoms with Crippen LogP contribution in [0.25, 0.3) is 0 Å². The van der Waals surface area contributed by atoms with Crippen LogP contribution in [0.4, 0.5) is 0 Å². The highest BCUT2D eigenvalue weighted by molar-refractivity contribution is 5.74. The molecule has 1 heterocycles. The molecule has 1 aromatic heterocycles. The molecular weight excluding hydrogens is 144 g/mol. The number of amides is 1. The van der Waals surface area contributed by atoms with Crippen molar-refractivity contribution in [3.63, 3.8) is 0 Å². The third kappa shape index (κ3) is 1.78. The Labute approximate surface area is 64.2 Å². The van der Waals surface area contributed by atoms with Gasteiger partial charge in [-0.1, -0.05) is 0 Å². The van der Waals surface area contributed by atoms with Crippen molar-refractivity contribution in [1.82, 2.24) is 15.0 Å². The van der Waals surface area contributed by atoms with Gasteiger partial charge in [-0.2, -0.15) is 0 Å². The van der Waals surface area contributed by atoms with Crippen molar-refractivity contribution in [3.8, 4) is 0 Å². The van der Waals surface area contributed by atoms with E-state index in [9.17, 15) is 4.79 Å². The summed E-state index contributed by atoms with van der Waals surface area (Å²) in [5.41, 5.74) is 2.04. The topological polar surface area (TPSA) is 72.9 Å². The van der Waals surface area contributed by atoms with Gasteiger partial charge >= 0.3 is 0 Å². The first-order valence-corrected chi connectivity index (χ1v) is 3.21. The van der Waals surface area contributed by atoms with Gasteiger partial charge in [-0.15, -0.1) is 0 Å². The number of rotatable bonds is 2. The third-order valence-electron chi connectivity index (χ3n) is 1.40. The van der Waals surface area contributed by atoms with E-state index in [0.717, 1.165) is 5.82 Å². The number of hydrazine groups is 1. The van der Waals surface area contributed by atoms with Crippen LogP contribution in [-0.4, -0.2) is 15.5 Å². The number of carbonyl (C=O) groups excluding carboxylic acids is 1. The molecule has 0 aliphatic carbocycles. The molecule has 0 atom stereocenters. The average Bonchev–Trinajstić information content (AvgIpc) is 2.37. The number of aryl methyl sites for hydroxylation is 1. The average molecular weight is 154 g/mol. The lowest BCUT2D eigenvalue weighted by Gasteiger charge is -2.01. The fourth-order valence-corrected chi connectivity index (χ4v) is 0.771. The van der Waals surface area contributed by atoms with Crippen LogP contribution in [-0.2, 0) is 11.3 Å². The Bertz CT molecular complexity index is 255. The minimum absolute atomic E-state index is 0.225. The number of imidazole rings is 1. The number of aromatic nitrogens is 2. The van der Waals surface area contributed by atoms with Crippen LogP contribution in [0.5, 0.6) is 0 Å². The lowest BCUT2D eigenvalue weighted by Crippen LogP contribution is -2.33. The predicted molar refractivity (Wildman–Crippen MR) is 39.3 cm³/mol. The zero-order chi connectivity index (χ0) is 8.27. The highest BCUT2D eigenvalue weighted by atomic mass is 16.2. The predicted octanol–water partition coefficient (Wildman–Crippen LogP) is -0.819. The molecule has 0 aliphatic rings. The number of hydrogen-bond acceptors (Lipinski definition) is 3. The number of hydrogen-bond donors (Lipinski definition) is 2. The second-order valence-corrected chi connectivity index (χ2v) is 2.17. The van der Waals surface area contributed by atoms with Crippen LogP contribution in [0, 0.1) is 6.92 Å². The van der Waals surface area contributed by atoms with E-state index in [0.29, 0.717) is 0 Å². The molecule has 11 heavy (non-hydrogen) atoms. The van der Waals surface area contributed by atoms with Gasteiger partial charge in [-0.05, 0) is 6.92 Å². The van der Waals surface area contributed by atoms with Crippen molar-refractivity contribution in [2.24, 2.45) is 5.84 Å². The van der Waals surface area contributed by atoms with E-state index in [4.69, 9.17) is 5.84 Å². The zero-order valence-electron chi connectivity index (χ0n) is 6.24. The molecule has 0 spiro atoms. The van der Waals surface area contributed by atoms with E-state index in [1.54, 1.807) is 17.0 Å². The van der Waals surface area contributed by atoms with Crippen LogP contribution in [0.15, 0.2) is 12.4 Å². The van der Waals surface area contributed by atoms with Crippen LogP contribution in [0.2, 0.25) is 0 Å². The summed E-state index contributed by atoms with van der Waals surface area (Å²) in [4.78, 5) is 14.7. The van der Waals surface area contributed by atoms with Crippen molar-refractivity contribution in [3.05, 3.63) is 18.2 Å². The molecule has 0 saturated heterocycles. The molecule has 0 fully saturated rings. The van der Waals surface area contributed by atoms with Crippen LogP contribution < -0.4 is 11.3 Å².